The van der Waals surface area contributed by atoms with E-state index in [1.54, 1.807) is 18.2 Å². The Labute approximate surface area is 123 Å². The largest absolute Gasteiger partial charge is 0.489 e. The Hall–Kier alpha value is -0.480. The van der Waals surface area contributed by atoms with Gasteiger partial charge >= 0.3 is 0 Å². The molecule has 2 rings (SSSR count). The molecule has 2 N–H and O–H groups in total. The van der Waals surface area contributed by atoms with Crippen molar-refractivity contribution in [2.45, 2.75) is 37.8 Å². The molecule has 19 heavy (non-hydrogen) atoms. The zero-order chi connectivity index (χ0) is 13.7. The average molecular weight is 304 g/mol. The van der Waals surface area contributed by atoms with Crippen LogP contribution in [0.3, 0.4) is 0 Å². The van der Waals surface area contributed by atoms with Crippen LogP contribution in [0.15, 0.2) is 18.2 Å². The van der Waals surface area contributed by atoms with Gasteiger partial charge in [0.15, 0.2) is 0 Å². The van der Waals surface area contributed by atoms with Gasteiger partial charge in [0.2, 0.25) is 0 Å². The molecule has 1 atom stereocenters. The zero-order valence-corrected chi connectivity index (χ0v) is 12.3. The van der Waals surface area contributed by atoms with Gasteiger partial charge in [0.05, 0.1) is 5.02 Å². The van der Waals surface area contributed by atoms with Crippen LogP contribution in [-0.4, -0.2) is 30.4 Å². The SMILES string of the molecule is OC(CNC1CCCC1)COc1ccc(Cl)cc1Cl. The Morgan fingerprint density at radius 1 is 1.32 bits per heavy atom. The number of aliphatic hydroxyl groups excluding tert-OH is 1. The third kappa shape index (κ3) is 4.84. The molecule has 0 aliphatic heterocycles. The van der Waals surface area contributed by atoms with Crippen molar-refractivity contribution in [3.05, 3.63) is 28.2 Å². The van der Waals surface area contributed by atoms with Gasteiger partial charge in [0, 0.05) is 17.6 Å². The van der Waals surface area contributed by atoms with Crippen molar-refractivity contribution < 1.29 is 9.84 Å². The first-order chi connectivity index (χ1) is 9.15. The van der Waals surface area contributed by atoms with Crippen LogP contribution in [0.1, 0.15) is 25.7 Å². The quantitative estimate of drug-likeness (QED) is 0.847. The summed E-state index contributed by atoms with van der Waals surface area (Å²) in [6, 6.07) is 5.60. The molecular formula is C14H19Cl2NO2. The topological polar surface area (TPSA) is 41.5 Å². The lowest BCUT2D eigenvalue weighted by atomic mass is 10.2. The average Bonchev–Trinajstić information content (AvgIpc) is 2.88. The Balaban J connectivity index is 1.71. The molecule has 0 radical (unpaired) electrons. The maximum absolute atomic E-state index is 9.86. The normalized spacial score (nSPS) is 17.6. The van der Waals surface area contributed by atoms with Gasteiger partial charge in [-0.3, -0.25) is 0 Å². The van der Waals surface area contributed by atoms with Crippen LogP contribution in [0.5, 0.6) is 5.75 Å². The van der Waals surface area contributed by atoms with E-state index in [2.05, 4.69) is 5.32 Å². The summed E-state index contributed by atoms with van der Waals surface area (Å²) in [6.07, 6.45) is 4.44. The van der Waals surface area contributed by atoms with Gasteiger partial charge < -0.3 is 15.2 Å². The van der Waals surface area contributed by atoms with Crippen LogP contribution in [0, 0.1) is 0 Å². The fourth-order valence-corrected chi connectivity index (χ4v) is 2.73. The first-order valence-electron chi connectivity index (χ1n) is 6.64. The van der Waals surface area contributed by atoms with Crippen molar-refractivity contribution in [3.63, 3.8) is 0 Å². The molecule has 1 aliphatic rings. The molecule has 3 nitrogen and oxygen atoms in total. The van der Waals surface area contributed by atoms with E-state index in [-0.39, 0.29) is 6.61 Å². The molecule has 0 saturated heterocycles. The van der Waals surface area contributed by atoms with Crippen LogP contribution in [0.4, 0.5) is 0 Å². The highest BCUT2D eigenvalue weighted by molar-refractivity contribution is 6.35. The molecule has 1 saturated carbocycles. The molecule has 0 heterocycles. The summed E-state index contributed by atoms with van der Waals surface area (Å²) in [5.74, 6) is 0.547. The highest BCUT2D eigenvalue weighted by Crippen LogP contribution is 2.27. The highest BCUT2D eigenvalue weighted by Gasteiger charge is 2.16. The Bertz CT molecular complexity index is 408. The molecule has 5 heteroatoms. The van der Waals surface area contributed by atoms with Gasteiger partial charge in [0.1, 0.15) is 18.5 Å². The lowest BCUT2D eigenvalue weighted by Gasteiger charge is -2.17. The van der Waals surface area contributed by atoms with Crippen molar-refractivity contribution >= 4 is 23.2 Å². The molecule has 106 valence electrons. The molecule has 1 aromatic carbocycles. The first kappa shape index (κ1) is 14.9. The third-order valence-corrected chi connectivity index (χ3v) is 3.85. The number of nitrogens with one attached hydrogen (secondary N) is 1. The molecule has 1 unspecified atom stereocenters. The Morgan fingerprint density at radius 3 is 2.74 bits per heavy atom. The maximum Gasteiger partial charge on any atom is 0.138 e. The summed E-state index contributed by atoms with van der Waals surface area (Å²) in [4.78, 5) is 0. The fourth-order valence-electron chi connectivity index (χ4n) is 2.27. The van der Waals surface area contributed by atoms with E-state index in [0.29, 0.717) is 28.4 Å². The van der Waals surface area contributed by atoms with Gasteiger partial charge in [-0.2, -0.15) is 0 Å². The lowest BCUT2D eigenvalue weighted by Crippen LogP contribution is -2.36. The van der Waals surface area contributed by atoms with Gasteiger partial charge in [-0.25, -0.2) is 0 Å². The van der Waals surface area contributed by atoms with E-state index in [4.69, 9.17) is 27.9 Å². The van der Waals surface area contributed by atoms with Crippen LogP contribution >= 0.6 is 23.2 Å². The molecule has 0 spiro atoms. The molecule has 0 amide bonds. The van der Waals surface area contributed by atoms with Gasteiger partial charge in [-0.15, -0.1) is 0 Å². The van der Waals surface area contributed by atoms with Crippen molar-refractivity contribution in [1.29, 1.82) is 0 Å². The van der Waals surface area contributed by atoms with Crippen LogP contribution in [0.25, 0.3) is 0 Å². The minimum absolute atomic E-state index is 0.223. The second-order valence-electron chi connectivity index (χ2n) is 4.93. The summed E-state index contributed by atoms with van der Waals surface area (Å²) in [5, 5.41) is 14.2. The first-order valence-corrected chi connectivity index (χ1v) is 7.40. The van der Waals surface area contributed by atoms with Gasteiger partial charge in [-0.05, 0) is 31.0 Å². The summed E-state index contributed by atoms with van der Waals surface area (Å²) in [7, 11) is 0. The number of hydrogen-bond donors (Lipinski definition) is 2. The highest BCUT2D eigenvalue weighted by atomic mass is 35.5. The van der Waals surface area contributed by atoms with E-state index in [0.717, 1.165) is 0 Å². The minimum atomic E-state index is -0.535. The maximum atomic E-state index is 9.86. The van der Waals surface area contributed by atoms with Crippen LogP contribution in [-0.2, 0) is 0 Å². The molecular weight excluding hydrogens is 285 g/mol. The van der Waals surface area contributed by atoms with Crippen LogP contribution < -0.4 is 10.1 Å². The van der Waals surface area contributed by atoms with E-state index in [1.165, 1.54) is 25.7 Å². The fraction of sp³-hybridized carbons (Fsp3) is 0.571. The van der Waals surface area contributed by atoms with Crippen molar-refractivity contribution in [1.82, 2.24) is 5.32 Å². The standard InChI is InChI=1S/C14H19Cl2NO2/c15-10-5-6-14(13(16)7-10)19-9-12(18)8-17-11-3-1-2-4-11/h5-7,11-12,17-18H,1-4,8-9H2. The predicted octanol–water partition coefficient (Wildman–Crippen LogP) is 3.27. The predicted molar refractivity (Wildman–Crippen MR) is 78.2 cm³/mol. The lowest BCUT2D eigenvalue weighted by molar-refractivity contribution is 0.104. The smallest absolute Gasteiger partial charge is 0.138 e. The number of rotatable bonds is 6. The zero-order valence-electron chi connectivity index (χ0n) is 10.7. The second kappa shape index (κ2) is 7.34. The molecule has 1 fully saturated rings. The van der Waals surface area contributed by atoms with Gasteiger partial charge in [-0.1, -0.05) is 36.0 Å². The number of ether oxygens (including phenoxy) is 1. The molecule has 1 aliphatic carbocycles. The summed E-state index contributed by atoms with van der Waals surface area (Å²) >= 11 is 11.8. The number of hydrogen-bond acceptors (Lipinski definition) is 3. The number of benzene rings is 1. The molecule has 0 bridgehead atoms. The summed E-state index contributed by atoms with van der Waals surface area (Å²) in [6.45, 7) is 0.775. The summed E-state index contributed by atoms with van der Waals surface area (Å²) < 4.78 is 5.49. The van der Waals surface area contributed by atoms with E-state index >= 15 is 0 Å². The van der Waals surface area contributed by atoms with Crippen molar-refractivity contribution in [2.75, 3.05) is 13.2 Å². The monoisotopic (exact) mass is 303 g/mol. The minimum Gasteiger partial charge on any atom is -0.489 e. The van der Waals surface area contributed by atoms with E-state index in [1.807, 2.05) is 0 Å². The van der Waals surface area contributed by atoms with Gasteiger partial charge in [0.25, 0.3) is 0 Å². The summed E-state index contributed by atoms with van der Waals surface area (Å²) in [5.41, 5.74) is 0. The Kier molecular flexibility index (Phi) is 5.76. The van der Waals surface area contributed by atoms with Crippen molar-refractivity contribution in [2.24, 2.45) is 0 Å². The third-order valence-electron chi connectivity index (χ3n) is 3.32. The van der Waals surface area contributed by atoms with Crippen molar-refractivity contribution in [3.8, 4) is 5.75 Å². The Morgan fingerprint density at radius 2 is 2.05 bits per heavy atom. The second-order valence-corrected chi connectivity index (χ2v) is 5.77. The number of aliphatic hydroxyl groups is 1. The van der Waals surface area contributed by atoms with E-state index < -0.39 is 6.10 Å². The van der Waals surface area contributed by atoms with E-state index in [9.17, 15) is 5.11 Å². The molecule has 0 aromatic heterocycles. The molecule has 1 aromatic rings. The van der Waals surface area contributed by atoms with Crippen LogP contribution in [0.2, 0.25) is 10.0 Å². The number of halogens is 2.